The van der Waals surface area contributed by atoms with E-state index in [1.165, 1.54) is 18.3 Å². The van der Waals surface area contributed by atoms with Crippen molar-refractivity contribution in [3.63, 3.8) is 0 Å². The van der Waals surface area contributed by atoms with Crippen molar-refractivity contribution in [1.82, 2.24) is 9.97 Å². The van der Waals surface area contributed by atoms with E-state index in [1.807, 2.05) is 12.1 Å². The summed E-state index contributed by atoms with van der Waals surface area (Å²) in [6.45, 7) is 1.61. The maximum absolute atomic E-state index is 11.1. The minimum absolute atomic E-state index is 0.0376. The van der Waals surface area contributed by atoms with Gasteiger partial charge in [0.1, 0.15) is 10.7 Å². The molecule has 2 heterocycles. The molecule has 0 amide bonds. The molecular formula is C12H12N2O2S. The van der Waals surface area contributed by atoms with Crippen LogP contribution in [-0.4, -0.2) is 27.5 Å². The standard InChI is InChI=1S/C12H12N2O2S/c1-8(16)11-7-17-12(14-11)10-3-2-9(4-5-15)6-13-10/h2-3,6-7,15H,4-5H2,1H3. The fourth-order valence-corrected chi connectivity index (χ4v) is 2.22. The number of thiazole rings is 1. The van der Waals surface area contributed by atoms with E-state index in [-0.39, 0.29) is 12.4 Å². The molecule has 2 aromatic heterocycles. The minimum Gasteiger partial charge on any atom is -0.396 e. The molecule has 0 saturated carbocycles. The van der Waals surface area contributed by atoms with E-state index in [0.717, 1.165) is 16.3 Å². The van der Waals surface area contributed by atoms with Crippen molar-refractivity contribution in [2.75, 3.05) is 6.61 Å². The van der Waals surface area contributed by atoms with Crippen LogP contribution in [0.15, 0.2) is 23.7 Å². The van der Waals surface area contributed by atoms with Gasteiger partial charge in [-0.25, -0.2) is 4.98 Å². The molecule has 4 nitrogen and oxygen atoms in total. The summed E-state index contributed by atoms with van der Waals surface area (Å²) in [5.41, 5.74) is 2.22. The van der Waals surface area contributed by atoms with Gasteiger partial charge in [-0.15, -0.1) is 11.3 Å². The second-order valence-corrected chi connectivity index (χ2v) is 4.48. The Hall–Kier alpha value is -1.59. The van der Waals surface area contributed by atoms with Crippen LogP contribution in [0.5, 0.6) is 0 Å². The van der Waals surface area contributed by atoms with Gasteiger partial charge in [0.2, 0.25) is 0 Å². The van der Waals surface area contributed by atoms with E-state index in [0.29, 0.717) is 12.1 Å². The van der Waals surface area contributed by atoms with Gasteiger partial charge in [-0.3, -0.25) is 9.78 Å². The Morgan fingerprint density at radius 1 is 1.47 bits per heavy atom. The third-order valence-corrected chi connectivity index (χ3v) is 3.17. The summed E-state index contributed by atoms with van der Waals surface area (Å²) >= 11 is 1.41. The number of hydrogen-bond acceptors (Lipinski definition) is 5. The van der Waals surface area contributed by atoms with Gasteiger partial charge in [-0.2, -0.15) is 0 Å². The van der Waals surface area contributed by atoms with Crippen LogP contribution in [0.1, 0.15) is 23.0 Å². The number of aliphatic hydroxyl groups excluding tert-OH is 1. The lowest BCUT2D eigenvalue weighted by Gasteiger charge is -1.99. The Bertz CT molecular complexity index is 520. The van der Waals surface area contributed by atoms with E-state index in [2.05, 4.69) is 9.97 Å². The van der Waals surface area contributed by atoms with E-state index < -0.39 is 0 Å². The zero-order valence-electron chi connectivity index (χ0n) is 9.38. The number of aliphatic hydroxyl groups is 1. The predicted octanol–water partition coefficient (Wildman–Crippen LogP) is 1.94. The van der Waals surface area contributed by atoms with Crippen molar-refractivity contribution in [1.29, 1.82) is 0 Å². The number of ketones is 1. The molecule has 88 valence electrons. The number of aromatic nitrogens is 2. The monoisotopic (exact) mass is 248 g/mol. The van der Waals surface area contributed by atoms with E-state index >= 15 is 0 Å². The normalized spacial score (nSPS) is 10.5. The third kappa shape index (κ3) is 2.75. The van der Waals surface area contributed by atoms with Crippen molar-refractivity contribution in [2.45, 2.75) is 13.3 Å². The van der Waals surface area contributed by atoms with Gasteiger partial charge in [0.25, 0.3) is 0 Å². The highest BCUT2D eigenvalue weighted by Gasteiger charge is 2.08. The van der Waals surface area contributed by atoms with Crippen LogP contribution in [0.2, 0.25) is 0 Å². The van der Waals surface area contributed by atoms with Crippen LogP contribution in [0.25, 0.3) is 10.7 Å². The highest BCUT2D eigenvalue weighted by molar-refractivity contribution is 7.13. The van der Waals surface area contributed by atoms with Gasteiger partial charge in [-0.1, -0.05) is 6.07 Å². The molecule has 5 heteroatoms. The third-order valence-electron chi connectivity index (χ3n) is 2.31. The van der Waals surface area contributed by atoms with Crippen molar-refractivity contribution < 1.29 is 9.90 Å². The number of nitrogens with zero attached hydrogens (tertiary/aromatic N) is 2. The first kappa shape index (κ1) is 11.9. The fourth-order valence-electron chi connectivity index (χ4n) is 1.38. The van der Waals surface area contributed by atoms with Gasteiger partial charge in [0.05, 0.1) is 5.69 Å². The second-order valence-electron chi connectivity index (χ2n) is 3.62. The molecule has 0 spiro atoms. The zero-order chi connectivity index (χ0) is 12.3. The average Bonchev–Trinajstić information content (AvgIpc) is 2.80. The predicted molar refractivity (Wildman–Crippen MR) is 66.1 cm³/mol. The fraction of sp³-hybridized carbons (Fsp3) is 0.250. The number of rotatable bonds is 4. The van der Waals surface area contributed by atoms with Crippen LogP contribution < -0.4 is 0 Å². The van der Waals surface area contributed by atoms with Crippen LogP contribution in [0.4, 0.5) is 0 Å². The summed E-state index contributed by atoms with van der Waals surface area (Å²) in [6.07, 6.45) is 2.32. The summed E-state index contributed by atoms with van der Waals surface area (Å²) in [7, 11) is 0. The Labute approximate surface area is 103 Å². The van der Waals surface area contributed by atoms with E-state index in [9.17, 15) is 4.79 Å². The average molecular weight is 248 g/mol. The Balaban J connectivity index is 2.23. The molecule has 0 atom stereocenters. The molecule has 0 saturated heterocycles. The molecule has 0 bridgehead atoms. The molecule has 0 aliphatic carbocycles. The molecule has 2 rings (SSSR count). The van der Waals surface area contributed by atoms with Gasteiger partial charge >= 0.3 is 0 Å². The van der Waals surface area contributed by atoms with Gasteiger partial charge in [-0.05, 0) is 18.1 Å². The lowest BCUT2D eigenvalue weighted by molar-refractivity contribution is 0.101. The first-order valence-electron chi connectivity index (χ1n) is 5.23. The Morgan fingerprint density at radius 3 is 2.82 bits per heavy atom. The number of Topliss-reactive ketones (excluding diaryl/α,β-unsaturated/α-hetero) is 1. The molecule has 0 aliphatic rings. The minimum atomic E-state index is -0.0376. The summed E-state index contributed by atoms with van der Waals surface area (Å²) in [4.78, 5) is 19.6. The van der Waals surface area contributed by atoms with Gasteiger partial charge in [0.15, 0.2) is 5.78 Å². The van der Waals surface area contributed by atoms with Crippen LogP contribution in [0.3, 0.4) is 0 Å². The molecule has 0 aliphatic heterocycles. The van der Waals surface area contributed by atoms with Crippen molar-refractivity contribution in [3.8, 4) is 10.7 Å². The quantitative estimate of drug-likeness (QED) is 0.840. The molecule has 1 N–H and O–H groups in total. The lowest BCUT2D eigenvalue weighted by Crippen LogP contribution is -1.93. The topological polar surface area (TPSA) is 63.1 Å². The second kappa shape index (κ2) is 5.16. The molecule has 0 unspecified atom stereocenters. The Kier molecular flexibility index (Phi) is 3.61. The first-order chi connectivity index (χ1) is 8.20. The van der Waals surface area contributed by atoms with E-state index in [1.54, 1.807) is 11.6 Å². The molecule has 2 aromatic rings. The molecule has 17 heavy (non-hydrogen) atoms. The zero-order valence-corrected chi connectivity index (χ0v) is 10.2. The number of carbonyl (C=O) groups excluding carboxylic acids is 1. The van der Waals surface area contributed by atoms with Crippen LogP contribution >= 0.6 is 11.3 Å². The van der Waals surface area contributed by atoms with Crippen LogP contribution in [0, 0.1) is 0 Å². The van der Waals surface area contributed by atoms with Crippen LogP contribution in [-0.2, 0) is 6.42 Å². The number of pyridine rings is 1. The molecule has 0 aromatic carbocycles. The van der Waals surface area contributed by atoms with Gasteiger partial charge in [0, 0.05) is 25.1 Å². The molecule has 0 fully saturated rings. The number of carbonyl (C=O) groups is 1. The Morgan fingerprint density at radius 2 is 2.29 bits per heavy atom. The van der Waals surface area contributed by atoms with Crippen molar-refractivity contribution in [3.05, 3.63) is 35.0 Å². The first-order valence-corrected chi connectivity index (χ1v) is 6.11. The molecule has 0 radical (unpaired) electrons. The summed E-state index contributed by atoms with van der Waals surface area (Å²) < 4.78 is 0. The van der Waals surface area contributed by atoms with Crippen molar-refractivity contribution in [2.24, 2.45) is 0 Å². The maximum Gasteiger partial charge on any atom is 0.178 e. The smallest absolute Gasteiger partial charge is 0.178 e. The summed E-state index contributed by atoms with van der Waals surface area (Å²) in [5.74, 6) is -0.0376. The number of hydrogen-bond donors (Lipinski definition) is 1. The molecular weight excluding hydrogens is 236 g/mol. The summed E-state index contributed by atoms with van der Waals surface area (Å²) in [5, 5.41) is 11.3. The maximum atomic E-state index is 11.1. The van der Waals surface area contributed by atoms with E-state index in [4.69, 9.17) is 5.11 Å². The largest absolute Gasteiger partial charge is 0.396 e. The summed E-state index contributed by atoms with van der Waals surface area (Å²) in [6, 6.07) is 3.77. The van der Waals surface area contributed by atoms with Gasteiger partial charge < -0.3 is 5.11 Å². The van der Waals surface area contributed by atoms with Crippen molar-refractivity contribution >= 4 is 17.1 Å². The SMILES string of the molecule is CC(=O)c1csc(-c2ccc(CCO)cn2)n1. The highest BCUT2D eigenvalue weighted by atomic mass is 32.1. The lowest BCUT2D eigenvalue weighted by atomic mass is 10.2. The highest BCUT2D eigenvalue weighted by Crippen LogP contribution is 2.22.